The van der Waals surface area contributed by atoms with Gasteiger partial charge >= 0.3 is 5.76 Å². The molecule has 0 atom stereocenters. The average molecular weight is 316 g/mol. The normalized spacial score (nSPS) is 12.5. The summed E-state index contributed by atoms with van der Waals surface area (Å²) in [5.41, 5.74) is -0.609. The second-order valence-corrected chi connectivity index (χ2v) is 6.50. The van der Waals surface area contributed by atoms with Gasteiger partial charge in [0.05, 0.1) is 12.8 Å². The highest BCUT2D eigenvalue weighted by Gasteiger charge is 2.26. The van der Waals surface area contributed by atoms with Crippen LogP contribution in [-0.4, -0.2) is 29.7 Å². The third-order valence-corrected chi connectivity index (χ3v) is 3.92. The van der Waals surface area contributed by atoms with Crippen molar-refractivity contribution >= 4 is 25.7 Å². The molecule has 0 aliphatic carbocycles. The molecule has 0 saturated heterocycles. The van der Waals surface area contributed by atoms with Gasteiger partial charge in [0, 0.05) is 6.07 Å². The molecule has 0 bridgehead atoms. The Morgan fingerprint density at radius 2 is 1.84 bits per heavy atom. The Balaban J connectivity index is 3.40. The van der Waals surface area contributed by atoms with E-state index in [1.165, 1.54) is 17.9 Å². The van der Waals surface area contributed by atoms with Gasteiger partial charge in [0.1, 0.15) is 10.6 Å². The third kappa shape index (κ3) is 3.75. The Hall–Kier alpha value is -1.46. The number of methoxy groups -OCH3 is 1. The molecule has 19 heavy (non-hydrogen) atoms. The number of primary sulfonamides is 1. The van der Waals surface area contributed by atoms with E-state index in [1.807, 2.05) is 0 Å². The smallest absolute Gasteiger partial charge is 0.355 e. The number of hydrogen-bond donors (Lipinski definition) is 2. The van der Waals surface area contributed by atoms with E-state index in [2.05, 4.69) is 0 Å². The van der Waals surface area contributed by atoms with Crippen LogP contribution in [0.25, 0.3) is 0 Å². The molecule has 0 spiro atoms. The van der Waals surface area contributed by atoms with Gasteiger partial charge in [-0.15, -0.1) is 0 Å². The minimum absolute atomic E-state index is 0.0689. The van der Waals surface area contributed by atoms with Crippen LogP contribution in [0.2, 0.25) is 0 Å². The molecule has 0 unspecified atom stereocenters. The number of benzene rings is 1. The quantitative estimate of drug-likeness (QED) is 0.811. The number of alkyl halides is 2. The van der Waals surface area contributed by atoms with Gasteiger partial charge in [-0.3, -0.25) is 4.72 Å². The average Bonchev–Trinajstić information content (AvgIpc) is 2.26. The van der Waals surface area contributed by atoms with Gasteiger partial charge in [-0.1, -0.05) is 0 Å². The molecule has 0 heterocycles. The van der Waals surface area contributed by atoms with Gasteiger partial charge in [0.25, 0.3) is 10.0 Å². The van der Waals surface area contributed by atoms with Gasteiger partial charge in [0.15, 0.2) is 0 Å². The predicted molar refractivity (Wildman–Crippen MR) is 62.9 cm³/mol. The summed E-state index contributed by atoms with van der Waals surface area (Å²) < 4.78 is 75.2. The fourth-order valence-electron chi connectivity index (χ4n) is 1.16. The van der Waals surface area contributed by atoms with E-state index in [9.17, 15) is 25.6 Å². The Kier molecular flexibility index (Phi) is 4.32. The Bertz CT molecular complexity index is 672. The summed E-state index contributed by atoms with van der Waals surface area (Å²) in [6.07, 6.45) is 0. The van der Waals surface area contributed by atoms with E-state index in [0.717, 1.165) is 12.1 Å². The summed E-state index contributed by atoms with van der Waals surface area (Å²) >= 11 is 0. The van der Waals surface area contributed by atoms with E-state index in [1.54, 1.807) is 0 Å². The van der Waals surface area contributed by atoms with Crippen molar-refractivity contribution in [3.8, 4) is 5.75 Å². The molecule has 0 aliphatic rings. The molecule has 0 aromatic heterocycles. The minimum Gasteiger partial charge on any atom is -0.497 e. The zero-order chi connectivity index (χ0) is 14.8. The molecule has 0 radical (unpaired) electrons. The molecule has 1 aromatic carbocycles. The maximum Gasteiger partial charge on any atom is 0.355 e. The topological polar surface area (TPSA) is 116 Å². The summed E-state index contributed by atoms with van der Waals surface area (Å²) in [4.78, 5) is -0.641. The monoisotopic (exact) mass is 316 g/mol. The molecular formula is C8H10F2N2O5S2. The van der Waals surface area contributed by atoms with Gasteiger partial charge < -0.3 is 4.74 Å². The number of hydrogen-bond acceptors (Lipinski definition) is 5. The number of rotatable bonds is 5. The molecule has 0 fully saturated rings. The number of sulfonamides is 2. The summed E-state index contributed by atoms with van der Waals surface area (Å²) in [6, 6.07) is 3.07. The van der Waals surface area contributed by atoms with E-state index >= 15 is 0 Å². The van der Waals surface area contributed by atoms with E-state index in [4.69, 9.17) is 9.88 Å². The molecular weight excluding hydrogens is 306 g/mol. The maximum absolute atomic E-state index is 12.2. The Labute approximate surface area is 108 Å². The first-order chi connectivity index (χ1) is 8.58. The zero-order valence-corrected chi connectivity index (χ0v) is 11.1. The van der Waals surface area contributed by atoms with Gasteiger partial charge in [-0.05, 0) is 12.1 Å². The van der Waals surface area contributed by atoms with Gasteiger partial charge in [-0.2, -0.15) is 8.78 Å². The first-order valence-electron chi connectivity index (χ1n) is 4.58. The summed E-state index contributed by atoms with van der Waals surface area (Å²) in [5.74, 6) is -3.65. The van der Waals surface area contributed by atoms with Crippen LogP contribution in [0.5, 0.6) is 5.75 Å². The van der Waals surface area contributed by atoms with Crippen LogP contribution in [0.1, 0.15) is 0 Å². The molecule has 1 aromatic rings. The number of nitrogens with two attached hydrogens (primary N) is 1. The standard InChI is InChI=1S/C8H10F2N2O5S2/c1-17-5-2-3-7(18(11,13)14)6(4-5)12-19(15,16)8(9)10/h2-4,8,12H,1H3,(H2,11,13,14). The van der Waals surface area contributed by atoms with Crippen molar-refractivity contribution in [1.29, 1.82) is 0 Å². The SMILES string of the molecule is COc1ccc(S(N)(=O)=O)c(NS(=O)(=O)C(F)F)c1. The summed E-state index contributed by atoms with van der Waals surface area (Å²) in [5, 5.41) is 4.85. The maximum atomic E-state index is 12.2. The van der Waals surface area contributed by atoms with Crippen LogP contribution in [0.15, 0.2) is 23.1 Å². The van der Waals surface area contributed by atoms with Crippen LogP contribution in [0.4, 0.5) is 14.5 Å². The molecule has 108 valence electrons. The highest BCUT2D eigenvalue weighted by molar-refractivity contribution is 7.93. The number of halogens is 2. The van der Waals surface area contributed by atoms with Crippen LogP contribution >= 0.6 is 0 Å². The molecule has 7 nitrogen and oxygen atoms in total. The second-order valence-electron chi connectivity index (χ2n) is 3.31. The molecule has 0 aliphatic heterocycles. The molecule has 3 N–H and O–H groups in total. The number of nitrogens with one attached hydrogen (secondary N) is 1. The highest BCUT2D eigenvalue weighted by atomic mass is 32.2. The van der Waals surface area contributed by atoms with Crippen molar-refractivity contribution in [2.75, 3.05) is 11.8 Å². The van der Waals surface area contributed by atoms with Crippen molar-refractivity contribution in [2.45, 2.75) is 10.7 Å². The van der Waals surface area contributed by atoms with Crippen LogP contribution < -0.4 is 14.6 Å². The first kappa shape index (κ1) is 15.6. The first-order valence-corrected chi connectivity index (χ1v) is 7.68. The van der Waals surface area contributed by atoms with Gasteiger partial charge in [-0.25, -0.2) is 22.0 Å². The second kappa shape index (κ2) is 5.27. The van der Waals surface area contributed by atoms with Crippen molar-refractivity contribution < 1.29 is 30.4 Å². The van der Waals surface area contributed by atoms with Gasteiger partial charge in [0.2, 0.25) is 10.0 Å². The summed E-state index contributed by atoms with van der Waals surface area (Å²) in [6.45, 7) is 0. The lowest BCUT2D eigenvalue weighted by Gasteiger charge is -2.12. The minimum atomic E-state index is -5.02. The van der Waals surface area contributed by atoms with Crippen LogP contribution in [0.3, 0.4) is 0 Å². The van der Waals surface area contributed by atoms with Crippen LogP contribution in [0, 0.1) is 0 Å². The van der Waals surface area contributed by atoms with E-state index < -0.39 is 36.4 Å². The third-order valence-electron chi connectivity index (χ3n) is 1.98. The van der Waals surface area contributed by atoms with Crippen LogP contribution in [-0.2, 0) is 20.0 Å². The van der Waals surface area contributed by atoms with Crippen molar-refractivity contribution in [1.82, 2.24) is 0 Å². The predicted octanol–water partition coefficient (Wildman–Crippen LogP) is 0.307. The fourth-order valence-corrected chi connectivity index (χ4v) is 2.47. The highest BCUT2D eigenvalue weighted by Crippen LogP contribution is 2.27. The number of anilines is 1. The number of ether oxygens (including phenoxy) is 1. The largest absolute Gasteiger partial charge is 0.497 e. The van der Waals surface area contributed by atoms with Crippen molar-refractivity contribution in [3.05, 3.63) is 18.2 Å². The van der Waals surface area contributed by atoms with Crippen molar-refractivity contribution in [2.24, 2.45) is 5.14 Å². The van der Waals surface area contributed by atoms with Crippen molar-refractivity contribution in [3.63, 3.8) is 0 Å². The lowest BCUT2D eigenvalue weighted by molar-refractivity contribution is 0.236. The van der Waals surface area contributed by atoms with E-state index in [-0.39, 0.29) is 5.75 Å². The fraction of sp³-hybridized carbons (Fsp3) is 0.250. The lowest BCUT2D eigenvalue weighted by atomic mass is 10.3. The molecule has 11 heteroatoms. The molecule has 0 saturated carbocycles. The molecule has 1 rings (SSSR count). The summed E-state index contributed by atoms with van der Waals surface area (Å²) in [7, 11) is -8.07. The lowest BCUT2D eigenvalue weighted by Crippen LogP contribution is -2.23. The van der Waals surface area contributed by atoms with E-state index in [0.29, 0.717) is 0 Å². The Morgan fingerprint density at radius 3 is 2.26 bits per heavy atom. The molecule has 0 amide bonds. The zero-order valence-electron chi connectivity index (χ0n) is 9.50. The Morgan fingerprint density at radius 1 is 1.26 bits per heavy atom.